The number of ether oxygens (including phenoxy) is 2. The number of pyridine rings is 1. The predicted octanol–water partition coefficient (Wildman–Crippen LogP) is 4.80. The average molecular weight is 358 g/mol. The molecule has 1 heterocycles. The van der Waals surface area contributed by atoms with E-state index in [4.69, 9.17) is 9.47 Å². The maximum atomic E-state index is 12.9. The lowest BCUT2D eigenvalue weighted by Crippen LogP contribution is -2.42. The summed E-state index contributed by atoms with van der Waals surface area (Å²) in [5.41, 5.74) is 0.627. The SMILES string of the molecule is CCC[C@](C)(OCC)C(=O)Nc1ccc(OCC(C)C)c2ncccc12. The summed E-state index contributed by atoms with van der Waals surface area (Å²) >= 11 is 0. The van der Waals surface area contributed by atoms with Gasteiger partial charge in [0.15, 0.2) is 0 Å². The van der Waals surface area contributed by atoms with Gasteiger partial charge >= 0.3 is 0 Å². The summed E-state index contributed by atoms with van der Waals surface area (Å²) in [6, 6.07) is 7.54. The number of hydrogen-bond acceptors (Lipinski definition) is 4. The lowest BCUT2D eigenvalue weighted by molar-refractivity contribution is -0.139. The first kappa shape index (κ1) is 20.2. The van der Waals surface area contributed by atoms with Crippen molar-refractivity contribution < 1.29 is 14.3 Å². The van der Waals surface area contributed by atoms with Crippen LogP contribution in [-0.4, -0.2) is 29.7 Å². The highest BCUT2D eigenvalue weighted by Gasteiger charge is 2.33. The highest BCUT2D eigenvalue weighted by Crippen LogP contribution is 2.31. The lowest BCUT2D eigenvalue weighted by atomic mass is 9.98. The molecule has 0 saturated heterocycles. The fraction of sp³-hybridized carbons (Fsp3) is 0.524. The van der Waals surface area contributed by atoms with Gasteiger partial charge in [-0.05, 0) is 50.5 Å². The summed E-state index contributed by atoms with van der Waals surface area (Å²) in [5.74, 6) is 1.02. The molecule has 0 aliphatic carbocycles. The molecule has 0 aliphatic rings. The molecule has 0 spiro atoms. The third-order valence-corrected chi connectivity index (χ3v) is 4.22. The fourth-order valence-electron chi connectivity index (χ4n) is 2.93. The minimum Gasteiger partial charge on any atom is -0.491 e. The largest absolute Gasteiger partial charge is 0.491 e. The number of fused-ring (bicyclic) bond motifs is 1. The second-order valence-corrected chi connectivity index (χ2v) is 7.08. The van der Waals surface area contributed by atoms with Crippen molar-refractivity contribution in [2.24, 2.45) is 5.92 Å². The molecule has 2 rings (SSSR count). The van der Waals surface area contributed by atoms with E-state index in [9.17, 15) is 4.79 Å². The van der Waals surface area contributed by atoms with E-state index in [1.807, 2.05) is 45.0 Å². The Morgan fingerprint density at radius 1 is 1.27 bits per heavy atom. The van der Waals surface area contributed by atoms with E-state index in [1.54, 1.807) is 6.20 Å². The second-order valence-electron chi connectivity index (χ2n) is 7.08. The molecule has 1 amide bonds. The van der Waals surface area contributed by atoms with E-state index in [1.165, 1.54) is 0 Å². The van der Waals surface area contributed by atoms with Crippen molar-refractivity contribution in [1.29, 1.82) is 0 Å². The number of hydrogen-bond donors (Lipinski definition) is 1. The van der Waals surface area contributed by atoms with Gasteiger partial charge in [-0.1, -0.05) is 27.2 Å². The van der Waals surface area contributed by atoms with Crippen LogP contribution in [0.3, 0.4) is 0 Å². The number of amides is 1. The third kappa shape index (κ3) is 4.73. The first-order chi connectivity index (χ1) is 12.4. The van der Waals surface area contributed by atoms with Gasteiger partial charge in [0.25, 0.3) is 5.91 Å². The van der Waals surface area contributed by atoms with Crippen LogP contribution < -0.4 is 10.1 Å². The zero-order valence-corrected chi connectivity index (χ0v) is 16.5. The van der Waals surface area contributed by atoms with Crippen LogP contribution in [0.4, 0.5) is 5.69 Å². The molecule has 1 aromatic heterocycles. The molecule has 5 nitrogen and oxygen atoms in total. The van der Waals surface area contributed by atoms with E-state index < -0.39 is 5.60 Å². The van der Waals surface area contributed by atoms with Crippen LogP contribution in [-0.2, 0) is 9.53 Å². The highest BCUT2D eigenvalue weighted by molar-refractivity contribution is 6.05. The number of rotatable bonds is 9. The van der Waals surface area contributed by atoms with Crippen molar-refractivity contribution in [1.82, 2.24) is 4.98 Å². The van der Waals surface area contributed by atoms with Crippen LogP contribution in [0.1, 0.15) is 47.5 Å². The van der Waals surface area contributed by atoms with Gasteiger partial charge in [0.2, 0.25) is 0 Å². The van der Waals surface area contributed by atoms with Crippen molar-refractivity contribution in [3.63, 3.8) is 0 Å². The molecule has 1 aromatic carbocycles. The van der Waals surface area contributed by atoms with Gasteiger partial charge in [0.1, 0.15) is 16.9 Å². The number of nitrogens with one attached hydrogen (secondary N) is 1. The predicted molar refractivity (Wildman–Crippen MR) is 106 cm³/mol. The minimum atomic E-state index is -0.842. The highest BCUT2D eigenvalue weighted by atomic mass is 16.5. The smallest absolute Gasteiger partial charge is 0.256 e. The summed E-state index contributed by atoms with van der Waals surface area (Å²) < 4.78 is 11.6. The molecule has 142 valence electrons. The standard InChI is InChI=1S/C21H30N2O3/c1-6-12-21(5,26-7-2)20(24)23-17-10-11-18(25-14-15(3)4)19-16(17)9-8-13-22-19/h8-11,13,15H,6-7,12,14H2,1-5H3,(H,23,24)/t21-/m0/s1. The van der Waals surface area contributed by atoms with Gasteiger partial charge in [-0.25, -0.2) is 0 Å². The molecular formula is C21H30N2O3. The molecule has 0 radical (unpaired) electrons. The first-order valence-electron chi connectivity index (χ1n) is 9.37. The molecule has 0 bridgehead atoms. The van der Waals surface area contributed by atoms with Gasteiger partial charge in [-0.2, -0.15) is 0 Å². The number of benzene rings is 1. The van der Waals surface area contributed by atoms with Gasteiger partial charge in [0, 0.05) is 18.2 Å². The summed E-state index contributed by atoms with van der Waals surface area (Å²) in [4.78, 5) is 17.3. The van der Waals surface area contributed by atoms with Crippen molar-refractivity contribution >= 4 is 22.5 Å². The fourth-order valence-corrected chi connectivity index (χ4v) is 2.93. The van der Waals surface area contributed by atoms with Crippen LogP contribution in [0.15, 0.2) is 30.5 Å². The summed E-state index contributed by atoms with van der Waals surface area (Å²) in [6.07, 6.45) is 3.27. The Balaban J connectivity index is 2.33. The molecule has 1 N–H and O–H groups in total. The Morgan fingerprint density at radius 3 is 2.69 bits per heavy atom. The Kier molecular flexibility index (Phi) is 6.98. The molecule has 1 atom stereocenters. The third-order valence-electron chi connectivity index (χ3n) is 4.22. The number of nitrogens with zero attached hydrogens (tertiary/aromatic N) is 1. The average Bonchev–Trinajstić information content (AvgIpc) is 2.61. The minimum absolute atomic E-state index is 0.137. The van der Waals surface area contributed by atoms with Crippen LogP contribution in [0.2, 0.25) is 0 Å². The molecule has 0 unspecified atom stereocenters. The molecule has 2 aromatic rings. The Morgan fingerprint density at radius 2 is 2.04 bits per heavy atom. The summed E-state index contributed by atoms with van der Waals surface area (Å²) in [7, 11) is 0. The maximum Gasteiger partial charge on any atom is 0.256 e. The van der Waals surface area contributed by atoms with E-state index in [2.05, 4.69) is 24.1 Å². The van der Waals surface area contributed by atoms with Gasteiger partial charge in [0.05, 0.1) is 12.3 Å². The Labute approximate surface area is 156 Å². The zero-order chi connectivity index (χ0) is 19.2. The number of carbonyl (C=O) groups excluding carboxylic acids is 1. The van der Waals surface area contributed by atoms with Crippen LogP contribution in [0, 0.1) is 5.92 Å². The maximum absolute atomic E-state index is 12.9. The van der Waals surface area contributed by atoms with Crippen LogP contribution >= 0.6 is 0 Å². The van der Waals surface area contributed by atoms with E-state index in [0.29, 0.717) is 25.6 Å². The van der Waals surface area contributed by atoms with Crippen molar-refractivity contribution in [3.8, 4) is 5.75 Å². The number of anilines is 1. The van der Waals surface area contributed by atoms with Gasteiger partial charge in [-0.15, -0.1) is 0 Å². The monoisotopic (exact) mass is 358 g/mol. The lowest BCUT2D eigenvalue weighted by Gasteiger charge is -2.28. The number of aromatic nitrogens is 1. The molecule has 0 aliphatic heterocycles. The van der Waals surface area contributed by atoms with Crippen LogP contribution in [0.25, 0.3) is 10.9 Å². The van der Waals surface area contributed by atoms with Crippen LogP contribution in [0.5, 0.6) is 5.75 Å². The van der Waals surface area contributed by atoms with Gasteiger partial charge in [-0.3, -0.25) is 9.78 Å². The van der Waals surface area contributed by atoms with Crippen molar-refractivity contribution in [3.05, 3.63) is 30.5 Å². The molecule has 0 saturated carbocycles. The Bertz CT molecular complexity index is 737. The van der Waals surface area contributed by atoms with Gasteiger partial charge < -0.3 is 14.8 Å². The normalized spacial score (nSPS) is 13.6. The van der Waals surface area contributed by atoms with Crippen molar-refractivity contribution in [2.75, 3.05) is 18.5 Å². The summed E-state index contributed by atoms with van der Waals surface area (Å²) in [5, 5.41) is 3.89. The topological polar surface area (TPSA) is 60.5 Å². The van der Waals surface area contributed by atoms with E-state index in [0.717, 1.165) is 28.8 Å². The molecule has 0 fully saturated rings. The molecule has 5 heteroatoms. The van der Waals surface area contributed by atoms with E-state index >= 15 is 0 Å². The molecule has 26 heavy (non-hydrogen) atoms. The first-order valence-corrected chi connectivity index (χ1v) is 9.37. The zero-order valence-electron chi connectivity index (χ0n) is 16.5. The molecular weight excluding hydrogens is 328 g/mol. The van der Waals surface area contributed by atoms with Crippen molar-refractivity contribution in [2.45, 2.75) is 53.1 Å². The second kappa shape index (κ2) is 8.99. The summed E-state index contributed by atoms with van der Waals surface area (Å²) in [6.45, 7) is 11.1. The quantitative estimate of drug-likeness (QED) is 0.699. The van der Waals surface area contributed by atoms with E-state index in [-0.39, 0.29) is 5.91 Å². The number of carbonyl (C=O) groups is 1. The Hall–Kier alpha value is -2.14.